The number of benzene rings is 2. The van der Waals surface area contributed by atoms with Crippen molar-refractivity contribution in [2.24, 2.45) is 5.73 Å². The Labute approximate surface area is 189 Å². The van der Waals surface area contributed by atoms with E-state index in [2.05, 4.69) is 5.32 Å². The molecule has 2 atom stereocenters. The van der Waals surface area contributed by atoms with Gasteiger partial charge in [-0.15, -0.1) is 0 Å². The van der Waals surface area contributed by atoms with Crippen molar-refractivity contribution >= 4 is 28.5 Å². The van der Waals surface area contributed by atoms with Gasteiger partial charge in [0.2, 0.25) is 5.91 Å². The van der Waals surface area contributed by atoms with E-state index < -0.39 is 29.4 Å². The van der Waals surface area contributed by atoms with Crippen molar-refractivity contribution in [1.29, 1.82) is 0 Å². The molecule has 0 bridgehead atoms. The molecule has 0 aliphatic heterocycles. The maximum Gasteiger partial charge on any atom is 0.243 e. The Hall–Kier alpha value is -3.08. The Morgan fingerprint density at radius 3 is 2.22 bits per heavy atom. The summed E-state index contributed by atoms with van der Waals surface area (Å²) in [5.74, 6) is 1.67. The molecule has 0 heterocycles. The lowest BCUT2D eigenvalue weighted by atomic mass is 10.1. The van der Waals surface area contributed by atoms with E-state index in [1.165, 1.54) is 26.7 Å². The molecule has 0 saturated carbocycles. The Balaban J connectivity index is 2.22. The number of carbonyl (C=O) groups excluding carboxylic acids is 1. The number of carbonyl (C=O) groups is 1. The van der Waals surface area contributed by atoms with Crippen LogP contribution < -0.4 is 30.0 Å². The quantitative estimate of drug-likeness (QED) is 0.460. The number of amides is 1. The van der Waals surface area contributed by atoms with Crippen molar-refractivity contribution in [3.8, 4) is 23.0 Å². The van der Waals surface area contributed by atoms with Gasteiger partial charge in [0.1, 0.15) is 29.0 Å². The first kappa shape index (κ1) is 25.2. The van der Waals surface area contributed by atoms with Crippen LogP contribution in [-0.4, -0.2) is 56.3 Å². The number of hydrogen-bond acceptors (Lipinski definition) is 8. The predicted octanol–water partition coefficient (Wildman–Crippen LogP) is 1.90. The second-order valence-electron chi connectivity index (χ2n) is 6.59. The zero-order valence-electron chi connectivity index (χ0n) is 18.4. The molecule has 0 fully saturated rings. The first-order valence-electron chi connectivity index (χ1n) is 9.56. The standard InChI is InChI=1S/C22H28N2O7S/c1-28-15-10-20(30-3)16(21(11-15)31-4)7-8-32(27)13-14-5-6-19(29-2)18(9-14)24-22(26)17(23)12-25/h5-11,17,25H,12-13,23H2,1-4H3,(H,24,26)/b8-7+/t17-,32?/m1/s1. The molecule has 10 heteroatoms. The maximum atomic E-state index is 12.7. The zero-order chi connectivity index (χ0) is 23.7. The number of hydrogen-bond donors (Lipinski definition) is 3. The number of nitrogens with one attached hydrogen (secondary N) is 1. The molecule has 174 valence electrons. The molecule has 2 aromatic rings. The average Bonchev–Trinajstić information content (AvgIpc) is 2.81. The summed E-state index contributed by atoms with van der Waals surface area (Å²) in [7, 11) is 4.68. The summed E-state index contributed by atoms with van der Waals surface area (Å²) >= 11 is 0. The molecule has 0 aliphatic rings. The van der Waals surface area contributed by atoms with Gasteiger partial charge in [0.15, 0.2) is 0 Å². The fourth-order valence-corrected chi connectivity index (χ4v) is 3.70. The molecule has 0 aliphatic carbocycles. The van der Waals surface area contributed by atoms with Crippen LogP contribution in [0.4, 0.5) is 5.69 Å². The van der Waals surface area contributed by atoms with E-state index in [0.29, 0.717) is 39.8 Å². The van der Waals surface area contributed by atoms with Crippen LogP contribution in [-0.2, 0) is 21.3 Å². The number of methoxy groups -OCH3 is 4. The molecule has 2 aromatic carbocycles. The highest BCUT2D eigenvalue weighted by Gasteiger charge is 2.15. The number of aliphatic hydroxyl groups is 1. The van der Waals surface area contributed by atoms with Crippen LogP contribution in [0.25, 0.3) is 6.08 Å². The van der Waals surface area contributed by atoms with Gasteiger partial charge in [0.05, 0.1) is 62.8 Å². The Morgan fingerprint density at radius 2 is 1.69 bits per heavy atom. The number of anilines is 1. The monoisotopic (exact) mass is 464 g/mol. The summed E-state index contributed by atoms with van der Waals surface area (Å²) < 4.78 is 34.0. The van der Waals surface area contributed by atoms with Gasteiger partial charge in [0, 0.05) is 17.5 Å². The second-order valence-corrected chi connectivity index (χ2v) is 7.91. The zero-order valence-corrected chi connectivity index (χ0v) is 19.2. The highest BCUT2D eigenvalue weighted by atomic mass is 32.2. The van der Waals surface area contributed by atoms with Crippen molar-refractivity contribution in [2.45, 2.75) is 11.8 Å². The van der Waals surface area contributed by atoms with Gasteiger partial charge in [-0.1, -0.05) is 6.07 Å². The Kier molecular flexibility index (Phi) is 9.51. The van der Waals surface area contributed by atoms with Crippen LogP contribution >= 0.6 is 0 Å². The third-order valence-corrected chi connectivity index (χ3v) is 5.56. The maximum absolute atomic E-state index is 12.7. The van der Waals surface area contributed by atoms with Crippen molar-refractivity contribution in [2.75, 3.05) is 40.4 Å². The molecule has 9 nitrogen and oxygen atoms in total. The van der Waals surface area contributed by atoms with Crippen LogP contribution in [0.2, 0.25) is 0 Å². The SMILES string of the molecule is COc1cc(OC)c(/C=C/S(=O)Cc2ccc(OC)c(NC(=O)[C@H](N)CO)c2)c(OC)c1. The first-order valence-corrected chi connectivity index (χ1v) is 10.9. The van der Waals surface area contributed by atoms with E-state index >= 15 is 0 Å². The normalized spacial score (nSPS) is 12.8. The minimum absolute atomic E-state index is 0.191. The molecule has 32 heavy (non-hydrogen) atoms. The van der Waals surface area contributed by atoms with Crippen LogP contribution in [0.5, 0.6) is 23.0 Å². The van der Waals surface area contributed by atoms with Crippen LogP contribution in [0.15, 0.2) is 35.7 Å². The van der Waals surface area contributed by atoms with E-state index in [1.54, 1.807) is 43.5 Å². The van der Waals surface area contributed by atoms with Gasteiger partial charge in [-0.25, -0.2) is 0 Å². The lowest BCUT2D eigenvalue weighted by Gasteiger charge is -2.14. The minimum Gasteiger partial charge on any atom is -0.496 e. The number of aliphatic hydroxyl groups excluding tert-OH is 1. The Morgan fingerprint density at radius 1 is 1.06 bits per heavy atom. The van der Waals surface area contributed by atoms with Gasteiger partial charge in [-0.3, -0.25) is 9.00 Å². The lowest BCUT2D eigenvalue weighted by molar-refractivity contribution is -0.118. The fraction of sp³-hybridized carbons (Fsp3) is 0.318. The summed E-state index contributed by atoms with van der Waals surface area (Å²) in [6.45, 7) is -0.485. The average molecular weight is 465 g/mol. The van der Waals surface area contributed by atoms with Gasteiger partial charge in [-0.2, -0.15) is 0 Å². The molecule has 4 N–H and O–H groups in total. The van der Waals surface area contributed by atoms with Crippen molar-refractivity contribution in [1.82, 2.24) is 0 Å². The van der Waals surface area contributed by atoms with E-state index in [-0.39, 0.29) is 5.75 Å². The summed E-state index contributed by atoms with van der Waals surface area (Å²) in [6, 6.07) is 7.42. The topological polar surface area (TPSA) is 129 Å². The third kappa shape index (κ3) is 6.46. The fourth-order valence-electron chi connectivity index (χ4n) is 2.80. The van der Waals surface area contributed by atoms with Crippen LogP contribution in [0.1, 0.15) is 11.1 Å². The molecular formula is C22H28N2O7S. The number of rotatable bonds is 11. The summed E-state index contributed by atoms with van der Waals surface area (Å²) in [5.41, 5.74) is 7.25. The molecule has 1 unspecified atom stereocenters. The summed E-state index contributed by atoms with van der Waals surface area (Å²) in [6.07, 6.45) is 1.67. The number of ether oxygens (including phenoxy) is 4. The first-order chi connectivity index (χ1) is 15.4. The molecule has 1 amide bonds. The highest BCUT2D eigenvalue weighted by Crippen LogP contribution is 2.35. The van der Waals surface area contributed by atoms with Crippen LogP contribution in [0, 0.1) is 0 Å². The van der Waals surface area contributed by atoms with E-state index in [9.17, 15) is 9.00 Å². The van der Waals surface area contributed by atoms with Crippen LogP contribution in [0.3, 0.4) is 0 Å². The van der Waals surface area contributed by atoms with Gasteiger partial charge in [-0.05, 0) is 23.8 Å². The third-order valence-electron chi connectivity index (χ3n) is 4.50. The van der Waals surface area contributed by atoms with Crippen molar-refractivity contribution in [3.05, 3.63) is 46.9 Å². The second kappa shape index (κ2) is 12.1. The predicted molar refractivity (Wildman–Crippen MR) is 124 cm³/mol. The van der Waals surface area contributed by atoms with Gasteiger partial charge >= 0.3 is 0 Å². The Bertz CT molecular complexity index is 969. The smallest absolute Gasteiger partial charge is 0.243 e. The molecule has 0 spiro atoms. The van der Waals surface area contributed by atoms with Crippen molar-refractivity contribution in [3.63, 3.8) is 0 Å². The number of nitrogens with two attached hydrogens (primary N) is 1. The van der Waals surface area contributed by atoms with E-state index in [0.717, 1.165) is 0 Å². The molecule has 0 radical (unpaired) electrons. The molecule has 2 rings (SSSR count). The van der Waals surface area contributed by atoms with Gasteiger partial charge < -0.3 is 35.1 Å². The van der Waals surface area contributed by atoms with Crippen molar-refractivity contribution < 1.29 is 33.1 Å². The molecule has 0 saturated heterocycles. The van der Waals surface area contributed by atoms with Gasteiger partial charge in [0.25, 0.3) is 0 Å². The summed E-state index contributed by atoms with van der Waals surface area (Å²) in [4.78, 5) is 12.0. The lowest BCUT2D eigenvalue weighted by Crippen LogP contribution is -2.38. The molecular weight excluding hydrogens is 436 g/mol. The minimum atomic E-state index is -1.38. The van der Waals surface area contributed by atoms with E-state index in [1.807, 2.05) is 0 Å². The molecule has 0 aromatic heterocycles. The highest BCUT2D eigenvalue weighted by molar-refractivity contribution is 7.87. The summed E-state index contributed by atoms with van der Waals surface area (Å²) in [5, 5.41) is 13.2. The van der Waals surface area contributed by atoms with E-state index in [4.69, 9.17) is 29.8 Å². The largest absolute Gasteiger partial charge is 0.496 e.